The summed E-state index contributed by atoms with van der Waals surface area (Å²) in [5.74, 6) is 0.178. The largest absolute Gasteiger partial charge is 0.395 e. The zero-order chi connectivity index (χ0) is 16.3. The van der Waals surface area contributed by atoms with E-state index >= 15 is 0 Å². The molecule has 0 amide bonds. The van der Waals surface area contributed by atoms with Crippen molar-refractivity contribution >= 4 is 0 Å². The Bertz CT molecular complexity index is 517. The Morgan fingerprint density at radius 2 is 1.83 bits per heavy atom. The summed E-state index contributed by atoms with van der Waals surface area (Å²) in [6, 6.07) is 0. The summed E-state index contributed by atoms with van der Waals surface area (Å²) in [6.45, 7) is 8.96. The Morgan fingerprint density at radius 3 is 2.52 bits per heavy atom. The molecule has 0 aromatic rings. The highest BCUT2D eigenvalue weighted by molar-refractivity contribution is 5.32. The van der Waals surface area contributed by atoms with Crippen LogP contribution in [0.3, 0.4) is 0 Å². The third-order valence-electron chi connectivity index (χ3n) is 7.96. The average Bonchev–Trinajstić information content (AvgIpc) is 3.03. The summed E-state index contributed by atoms with van der Waals surface area (Å²) in [5, 5.41) is 10.2. The molecule has 130 valence electrons. The minimum atomic E-state index is -0.383. The summed E-state index contributed by atoms with van der Waals surface area (Å²) in [7, 11) is 0. The number of fused-ring (bicyclic) bond motifs is 3. The van der Waals surface area contributed by atoms with Crippen LogP contribution in [0.4, 0.5) is 0 Å². The predicted molar refractivity (Wildman–Crippen MR) is 89.9 cm³/mol. The molecule has 4 rings (SSSR count). The van der Waals surface area contributed by atoms with Gasteiger partial charge in [-0.05, 0) is 49.9 Å². The molecule has 3 aliphatic carbocycles. The van der Waals surface area contributed by atoms with Crippen LogP contribution in [0, 0.1) is 22.2 Å². The van der Waals surface area contributed by atoms with Crippen LogP contribution in [0.25, 0.3) is 0 Å². The highest BCUT2D eigenvalue weighted by Gasteiger charge is 2.65. The van der Waals surface area contributed by atoms with E-state index in [2.05, 4.69) is 26.8 Å². The summed E-state index contributed by atoms with van der Waals surface area (Å²) < 4.78 is 12.4. The molecule has 2 saturated carbocycles. The Balaban J connectivity index is 1.76. The molecule has 1 saturated heterocycles. The van der Waals surface area contributed by atoms with E-state index in [1.54, 1.807) is 5.57 Å². The molecule has 1 spiro atoms. The van der Waals surface area contributed by atoms with E-state index in [-0.39, 0.29) is 22.0 Å². The van der Waals surface area contributed by atoms with Gasteiger partial charge in [-0.2, -0.15) is 0 Å². The van der Waals surface area contributed by atoms with Crippen molar-refractivity contribution < 1.29 is 14.6 Å². The summed E-state index contributed by atoms with van der Waals surface area (Å²) in [4.78, 5) is 0. The van der Waals surface area contributed by atoms with E-state index in [1.165, 1.54) is 19.3 Å². The molecule has 3 nitrogen and oxygen atoms in total. The van der Waals surface area contributed by atoms with Crippen molar-refractivity contribution in [3.63, 3.8) is 0 Å². The van der Waals surface area contributed by atoms with Crippen LogP contribution < -0.4 is 0 Å². The van der Waals surface area contributed by atoms with Crippen LogP contribution >= 0.6 is 0 Å². The van der Waals surface area contributed by atoms with E-state index in [4.69, 9.17) is 9.47 Å². The molecule has 3 fully saturated rings. The third-order valence-corrected chi connectivity index (χ3v) is 7.96. The predicted octanol–water partition coefficient (Wildman–Crippen LogP) is 4.05. The molecule has 0 bridgehead atoms. The van der Waals surface area contributed by atoms with E-state index < -0.39 is 0 Å². The molecular weight excluding hydrogens is 288 g/mol. The van der Waals surface area contributed by atoms with Gasteiger partial charge in [-0.1, -0.05) is 32.4 Å². The number of rotatable bonds is 1. The molecule has 0 aromatic heterocycles. The topological polar surface area (TPSA) is 38.7 Å². The molecule has 3 unspecified atom stereocenters. The maximum Gasteiger partial charge on any atom is 0.173 e. The zero-order valence-electron chi connectivity index (χ0n) is 15.0. The summed E-state index contributed by atoms with van der Waals surface area (Å²) >= 11 is 0. The number of hydrogen-bond donors (Lipinski definition) is 1. The van der Waals surface area contributed by atoms with Gasteiger partial charge in [0, 0.05) is 17.3 Å². The minimum absolute atomic E-state index is 0.0103. The fraction of sp³-hybridized carbons (Fsp3) is 0.900. The van der Waals surface area contributed by atoms with Crippen molar-refractivity contribution in [2.45, 2.75) is 71.5 Å². The first kappa shape index (κ1) is 16.1. The van der Waals surface area contributed by atoms with Gasteiger partial charge >= 0.3 is 0 Å². The highest BCUT2D eigenvalue weighted by atomic mass is 16.7. The lowest BCUT2D eigenvalue weighted by atomic mass is 9.43. The number of allylic oxidation sites excluding steroid dienone is 1. The monoisotopic (exact) mass is 320 g/mol. The van der Waals surface area contributed by atoms with Crippen molar-refractivity contribution in [1.82, 2.24) is 0 Å². The van der Waals surface area contributed by atoms with E-state index in [9.17, 15) is 5.11 Å². The van der Waals surface area contributed by atoms with Gasteiger partial charge in [-0.15, -0.1) is 0 Å². The van der Waals surface area contributed by atoms with Gasteiger partial charge in [0.05, 0.1) is 19.8 Å². The molecule has 0 radical (unpaired) electrons. The summed E-state index contributed by atoms with van der Waals surface area (Å²) in [5.41, 5.74) is 1.82. The van der Waals surface area contributed by atoms with Crippen molar-refractivity contribution in [3.8, 4) is 0 Å². The maximum atomic E-state index is 10.2. The second-order valence-electron chi connectivity index (χ2n) is 9.13. The van der Waals surface area contributed by atoms with Gasteiger partial charge in [0.25, 0.3) is 0 Å². The van der Waals surface area contributed by atoms with Crippen molar-refractivity contribution in [3.05, 3.63) is 11.6 Å². The second-order valence-corrected chi connectivity index (χ2v) is 9.13. The van der Waals surface area contributed by atoms with Crippen molar-refractivity contribution in [1.29, 1.82) is 0 Å². The number of ether oxygens (including phenoxy) is 2. The molecule has 3 heteroatoms. The third kappa shape index (κ3) is 1.93. The SMILES string of the molecule is CC12CCC3(OCCO3)C(C)(C)C1CCC1(CO)CCCC=C12. The molecule has 1 heterocycles. The van der Waals surface area contributed by atoms with Gasteiger partial charge in [-0.3, -0.25) is 0 Å². The summed E-state index contributed by atoms with van der Waals surface area (Å²) in [6.07, 6.45) is 10.4. The Labute approximate surface area is 140 Å². The van der Waals surface area contributed by atoms with Crippen LogP contribution in [0.15, 0.2) is 11.6 Å². The fourth-order valence-corrected chi connectivity index (χ4v) is 6.76. The smallest absolute Gasteiger partial charge is 0.173 e. The molecular formula is C20H32O3. The van der Waals surface area contributed by atoms with Crippen LogP contribution in [0.5, 0.6) is 0 Å². The Kier molecular flexibility index (Phi) is 3.54. The molecule has 4 aliphatic rings. The first-order chi connectivity index (χ1) is 10.9. The van der Waals surface area contributed by atoms with Crippen LogP contribution in [-0.2, 0) is 9.47 Å². The van der Waals surface area contributed by atoms with Crippen LogP contribution in [0.1, 0.15) is 65.7 Å². The van der Waals surface area contributed by atoms with E-state index in [0.717, 1.165) is 38.9 Å². The van der Waals surface area contributed by atoms with Gasteiger partial charge in [0.2, 0.25) is 0 Å². The lowest BCUT2D eigenvalue weighted by molar-refractivity contribution is -0.285. The van der Waals surface area contributed by atoms with Gasteiger partial charge in [0.1, 0.15) is 0 Å². The standard InChI is InChI=1S/C20H32O3/c1-17(2)15-7-9-19(14-21)8-5-4-6-16(19)18(15,3)10-11-20(17)22-12-13-23-20/h6,15,21H,4-5,7-14H2,1-3H3. The fourth-order valence-electron chi connectivity index (χ4n) is 6.76. The molecule has 23 heavy (non-hydrogen) atoms. The van der Waals surface area contributed by atoms with Gasteiger partial charge < -0.3 is 14.6 Å². The normalized spacial score (nSPS) is 44.5. The van der Waals surface area contributed by atoms with E-state index in [0.29, 0.717) is 12.5 Å². The van der Waals surface area contributed by atoms with E-state index in [1.807, 2.05) is 0 Å². The van der Waals surface area contributed by atoms with Crippen LogP contribution in [-0.4, -0.2) is 30.7 Å². The maximum absolute atomic E-state index is 10.2. The highest BCUT2D eigenvalue weighted by Crippen LogP contribution is 2.68. The first-order valence-corrected chi connectivity index (χ1v) is 9.50. The lowest BCUT2D eigenvalue weighted by Crippen LogP contribution is -2.62. The quantitative estimate of drug-likeness (QED) is 0.741. The second kappa shape index (κ2) is 5.06. The molecule has 3 atom stereocenters. The molecule has 0 aromatic carbocycles. The Hall–Kier alpha value is -0.380. The van der Waals surface area contributed by atoms with Crippen LogP contribution in [0.2, 0.25) is 0 Å². The molecule has 1 aliphatic heterocycles. The average molecular weight is 320 g/mol. The Morgan fingerprint density at radius 1 is 1.09 bits per heavy atom. The number of hydrogen-bond acceptors (Lipinski definition) is 3. The van der Waals surface area contributed by atoms with Crippen molar-refractivity contribution in [2.24, 2.45) is 22.2 Å². The zero-order valence-corrected chi connectivity index (χ0v) is 15.0. The minimum Gasteiger partial charge on any atom is -0.395 e. The molecule has 1 N–H and O–H groups in total. The number of aliphatic hydroxyl groups is 1. The lowest BCUT2D eigenvalue weighted by Gasteiger charge is -2.64. The first-order valence-electron chi connectivity index (χ1n) is 9.50. The van der Waals surface area contributed by atoms with Crippen molar-refractivity contribution in [2.75, 3.05) is 19.8 Å². The van der Waals surface area contributed by atoms with Gasteiger partial charge in [0.15, 0.2) is 5.79 Å². The van der Waals surface area contributed by atoms with Gasteiger partial charge in [-0.25, -0.2) is 0 Å². The number of aliphatic hydroxyl groups excluding tert-OH is 1.